The summed E-state index contributed by atoms with van der Waals surface area (Å²) in [7, 11) is 1.70. The lowest BCUT2D eigenvalue weighted by atomic mass is 9.91. The average molecular weight is 387 g/mol. The number of para-hydroxylation sites is 1. The number of H-pyrrole nitrogens is 1. The maximum Gasteiger partial charge on any atom is 0.251 e. The highest BCUT2D eigenvalue weighted by Gasteiger charge is 2.25. The maximum atomic E-state index is 13.1. The molecular weight excluding hydrogens is 362 g/mol. The van der Waals surface area contributed by atoms with Crippen LogP contribution in [-0.2, 0) is 17.7 Å². The van der Waals surface area contributed by atoms with Gasteiger partial charge in [-0.2, -0.15) is 0 Å². The number of amides is 1. The zero-order valence-electron chi connectivity index (χ0n) is 16.6. The van der Waals surface area contributed by atoms with E-state index in [1.165, 1.54) is 10.9 Å². The lowest BCUT2D eigenvalue weighted by Crippen LogP contribution is -2.31. The molecule has 29 heavy (non-hydrogen) atoms. The smallest absolute Gasteiger partial charge is 0.251 e. The minimum Gasteiger partial charge on any atom is -0.383 e. The van der Waals surface area contributed by atoms with E-state index in [2.05, 4.69) is 39.1 Å². The fourth-order valence-electron chi connectivity index (χ4n) is 4.51. The first-order valence-corrected chi connectivity index (χ1v) is 10.2. The molecule has 2 heterocycles. The van der Waals surface area contributed by atoms with Gasteiger partial charge in [-0.25, -0.2) is 0 Å². The Kier molecular flexibility index (Phi) is 4.60. The Balaban J connectivity index is 1.42. The number of carbonyl (C=O) groups excluding carboxylic acids is 1. The minimum atomic E-state index is -0.0251. The van der Waals surface area contributed by atoms with E-state index in [-0.39, 0.29) is 11.9 Å². The molecule has 5 heteroatoms. The number of methoxy groups -OCH3 is 1. The molecule has 0 saturated carbocycles. The maximum absolute atomic E-state index is 13.1. The van der Waals surface area contributed by atoms with Gasteiger partial charge in [-0.3, -0.25) is 4.79 Å². The molecule has 2 aromatic heterocycles. The molecule has 1 aliphatic carbocycles. The molecule has 0 radical (unpaired) electrons. The van der Waals surface area contributed by atoms with Crippen molar-refractivity contribution in [1.82, 2.24) is 14.9 Å². The summed E-state index contributed by atoms with van der Waals surface area (Å²) in [5.41, 5.74) is 5.41. The van der Waals surface area contributed by atoms with E-state index in [0.29, 0.717) is 12.2 Å². The molecule has 0 aliphatic heterocycles. The molecule has 5 rings (SSSR count). The molecule has 0 bridgehead atoms. The molecule has 1 amide bonds. The SMILES string of the molecule is COCCn1ccc2ccc(C(=O)NC3CCCc4c3[nH]c3ccccc43)cc21. The number of benzene rings is 2. The lowest BCUT2D eigenvalue weighted by Gasteiger charge is -2.24. The van der Waals surface area contributed by atoms with Crippen LogP contribution in [0.1, 0.15) is 40.5 Å². The zero-order chi connectivity index (χ0) is 19.8. The predicted molar refractivity (Wildman–Crippen MR) is 115 cm³/mol. The molecule has 0 saturated heterocycles. The number of fused-ring (bicyclic) bond motifs is 4. The fourth-order valence-corrected chi connectivity index (χ4v) is 4.51. The van der Waals surface area contributed by atoms with Crippen LogP contribution in [0.25, 0.3) is 21.8 Å². The van der Waals surface area contributed by atoms with Gasteiger partial charge >= 0.3 is 0 Å². The topological polar surface area (TPSA) is 59.0 Å². The largest absolute Gasteiger partial charge is 0.383 e. The van der Waals surface area contributed by atoms with Crippen molar-refractivity contribution in [3.8, 4) is 0 Å². The van der Waals surface area contributed by atoms with E-state index in [0.717, 1.165) is 47.9 Å². The Labute approximate surface area is 169 Å². The van der Waals surface area contributed by atoms with Crippen molar-refractivity contribution in [1.29, 1.82) is 0 Å². The van der Waals surface area contributed by atoms with Crippen LogP contribution in [-0.4, -0.2) is 29.2 Å². The molecule has 1 aliphatic rings. The van der Waals surface area contributed by atoms with E-state index in [9.17, 15) is 4.79 Å². The van der Waals surface area contributed by atoms with Crippen LogP contribution in [0.5, 0.6) is 0 Å². The highest BCUT2D eigenvalue weighted by atomic mass is 16.5. The average Bonchev–Trinajstić information content (AvgIpc) is 3.33. The number of hydrogen-bond acceptors (Lipinski definition) is 2. The standard InChI is InChI=1S/C24H25N3O2/c1-29-14-13-27-12-11-16-9-10-17(15-22(16)27)24(28)26-21-8-4-6-19-18-5-2-3-7-20(18)25-23(19)21/h2-3,5,7,9-12,15,21,25H,4,6,8,13-14H2,1H3,(H,26,28). The number of carbonyl (C=O) groups is 1. The number of aromatic nitrogens is 2. The van der Waals surface area contributed by atoms with Crippen molar-refractivity contribution in [2.45, 2.75) is 31.8 Å². The molecule has 148 valence electrons. The van der Waals surface area contributed by atoms with Gasteiger partial charge in [0.1, 0.15) is 0 Å². The third kappa shape index (κ3) is 3.21. The van der Waals surface area contributed by atoms with E-state index >= 15 is 0 Å². The zero-order valence-corrected chi connectivity index (χ0v) is 16.6. The van der Waals surface area contributed by atoms with Gasteiger partial charge in [-0.15, -0.1) is 0 Å². The van der Waals surface area contributed by atoms with Crippen molar-refractivity contribution in [3.05, 3.63) is 71.5 Å². The summed E-state index contributed by atoms with van der Waals surface area (Å²) in [6, 6.07) is 16.4. The molecule has 0 fully saturated rings. The molecule has 0 spiro atoms. The van der Waals surface area contributed by atoms with Gasteiger partial charge < -0.3 is 19.6 Å². The molecule has 1 unspecified atom stereocenters. The van der Waals surface area contributed by atoms with Crippen molar-refractivity contribution >= 4 is 27.7 Å². The first-order chi connectivity index (χ1) is 14.2. The monoisotopic (exact) mass is 387 g/mol. The second-order valence-electron chi connectivity index (χ2n) is 7.76. The highest BCUT2D eigenvalue weighted by molar-refractivity contribution is 5.98. The molecule has 5 nitrogen and oxygen atoms in total. The van der Waals surface area contributed by atoms with Gasteiger partial charge in [-0.05, 0) is 54.5 Å². The van der Waals surface area contributed by atoms with E-state index < -0.39 is 0 Å². The summed E-state index contributed by atoms with van der Waals surface area (Å²) in [6.07, 6.45) is 5.14. The first kappa shape index (κ1) is 18.0. The fraction of sp³-hybridized carbons (Fsp3) is 0.292. The number of aromatic amines is 1. The van der Waals surface area contributed by atoms with Gasteiger partial charge in [-0.1, -0.05) is 24.3 Å². The quantitative estimate of drug-likeness (QED) is 0.527. The van der Waals surface area contributed by atoms with Crippen LogP contribution in [0, 0.1) is 0 Å². The van der Waals surface area contributed by atoms with Crippen LogP contribution in [0.4, 0.5) is 0 Å². The van der Waals surface area contributed by atoms with Crippen LogP contribution in [0.2, 0.25) is 0 Å². The lowest BCUT2D eigenvalue weighted by molar-refractivity contribution is 0.0932. The predicted octanol–water partition coefficient (Wildman–Crippen LogP) is 4.58. The minimum absolute atomic E-state index is 0.0228. The summed E-state index contributed by atoms with van der Waals surface area (Å²) in [4.78, 5) is 16.6. The highest BCUT2D eigenvalue weighted by Crippen LogP contribution is 2.34. The molecule has 4 aromatic rings. The summed E-state index contributed by atoms with van der Waals surface area (Å²) >= 11 is 0. The van der Waals surface area contributed by atoms with Crippen LogP contribution in [0.15, 0.2) is 54.7 Å². The Bertz CT molecular complexity index is 1190. The third-order valence-electron chi connectivity index (χ3n) is 5.99. The normalized spacial score (nSPS) is 16.2. The number of rotatable bonds is 5. The number of ether oxygens (including phenoxy) is 1. The van der Waals surface area contributed by atoms with E-state index in [1.807, 2.05) is 30.5 Å². The van der Waals surface area contributed by atoms with E-state index in [4.69, 9.17) is 4.74 Å². The van der Waals surface area contributed by atoms with Crippen LogP contribution >= 0.6 is 0 Å². The summed E-state index contributed by atoms with van der Waals surface area (Å²) in [6.45, 7) is 1.41. The Morgan fingerprint density at radius 2 is 2.14 bits per heavy atom. The van der Waals surface area contributed by atoms with Gasteiger partial charge in [0.05, 0.1) is 12.6 Å². The number of nitrogens with one attached hydrogen (secondary N) is 2. The number of nitrogens with zero attached hydrogens (tertiary/aromatic N) is 1. The van der Waals surface area contributed by atoms with Gasteiger partial charge in [0, 0.05) is 47.5 Å². The molecular formula is C24H25N3O2. The Morgan fingerprint density at radius 1 is 1.24 bits per heavy atom. The van der Waals surface area contributed by atoms with Crippen molar-refractivity contribution in [3.63, 3.8) is 0 Å². The van der Waals surface area contributed by atoms with Crippen LogP contribution < -0.4 is 5.32 Å². The van der Waals surface area contributed by atoms with Gasteiger partial charge in [0.15, 0.2) is 0 Å². The Hall–Kier alpha value is -3.05. The summed E-state index contributed by atoms with van der Waals surface area (Å²) < 4.78 is 7.33. The molecule has 2 aromatic carbocycles. The van der Waals surface area contributed by atoms with Crippen molar-refractivity contribution in [2.24, 2.45) is 0 Å². The number of hydrogen-bond donors (Lipinski definition) is 2. The molecule has 2 N–H and O–H groups in total. The molecule has 1 atom stereocenters. The van der Waals surface area contributed by atoms with Crippen LogP contribution in [0.3, 0.4) is 0 Å². The third-order valence-corrected chi connectivity index (χ3v) is 5.99. The second-order valence-corrected chi connectivity index (χ2v) is 7.76. The summed E-state index contributed by atoms with van der Waals surface area (Å²) in [5, 5.41) is 5.68. The second kappa shape index (κ2) is 7.41. The van der Waals surface area contributed by atoms with Gasteiger partial charge in [0.25, 0.3) is 5.91 Å². The van der Waals surface area contributed by atoms with Crippen molar-refractivity contribution in [2.75, 3.05) is 13.7 Å². The number of aryl methyl sites for hydroxylation is 1. The van der Waals surface area contributed by atoms with E-state index in [1.54, 1.807) is 7.11 Å². The summed E-state index contributed by atoms with van der Waals surface area (Å²) in [5.74, 6) is -0.0251. The Morgan fingerprint density at radius 3 is 3.03 bits per heavy atom. The first-order valence-electron chi connectivity index (χ1n) is 10.2. The van der Waals surface area contributed by atoms with Crippen molar-refractivity contribution < 1.29 is 9.53 Å². The van der Waals surface area contributed by atoms with Gasteiger partial charge in [0.2, 0.25) is 0 Å².